The molecule has 1 atom stereocenters. The van der Waals surface area contributed by atoms with Crippen LogP contribution in [0.3, 0.4) is 0 Å². The number of aromatic nitrogens is 3. The highest BCUT2D eigenvalue weighted by atomic mass is 19.2. The van der Waals surface area contributed by atoms with E-state index in [0.717, 1.165) is 25.0 Å². The van der Waals surface area contributed by atoms with E-state index in [4.69, 9.17) is 4.74 Å². The monoisotopic (exact) mass is 398 g/mol. The predicted molar refractivity (Wildman–Crippen MR) is 101 cm³/mol. The maximum Gasteiger partial charge on any atom is 0.268 e. The number of carbonyl (C=O) groups is 1. The van der Waals surface area contributed by atoms with E-state index in [9.17, 15) is 13.6 Å². The SMILES string of the molecule is O=C([C@H](Oc1ccc(F)c(F)c1)c1ccccc1)N1CCC(n2cncn2)CC1. The van der Waals surface area contributed by atoms with E-state index >= 15 is 0 Å². The van der Waals surface area contributed by atoms with Crippen LogP contribution in [0.1, 0.15) is 30.6 Å². The van der Waals surface area contributed by atoms with Gasteiger partial charge in [0, 0.05) is 24.7 Å². The summed E-state index contributed by atoms with van der Waals surface area (Å²) in [5.41, 5.74) is 0.653. The number of benzene rings is 2. The fourth-order valence-electron chi connectivity index (χ4n) is 3.50. The molecule has 0 spiro atoms. The van der Waals surface area contributed by atoms with Crippen LogP contribution < -0.4 is 4.74 Å². The molecular weight excluding hydrogens is 378 g/mol. The van der Waals surface area contributed by atoms with Gasteiger partial charge in [0.1, 0.15) is 18.4 Å². The van der Waals surface area contributed by atoms with E-state index in [-0.39, 0.29) is 17.7 Å². The largest absolute Gasteiger partial charge is 0.476 e. The summed E-state index contributed by atoms with van der Waals surface area (Å²) in [7, 11) is 0. The van der Waals surface area contributed by atoms with Gasteiger partial charge in [-0.25, -0.2) is 18.4 Å². The molecule has 0 bridgehead atoms. The fourth-order valence-corrected chi connectivity index (χ4v) is 3.50. The normalized spacial score (nSPS) is 15.9. The number of hydrogen-bond acceptors (Lipinski definition) is 4. The van der Waals surface area contributed by atoms with Crippen molar-refractivity contribution in [2.45, 2.75) is 25.0 Å². The molecule has 1 saturated heterocycles. The van der Waals surface area contributed by atoms with E-state index < -0.39 is 17.7 Å². The average molecular weight is 398 g/mol. The Kier molecular flexibility index (Phi) is 5.50. The Bertz CT molecular complexity index is 958. The van der Waals surface area contributed by atoms with Gasteiger partial charge in [-0.05, 0) is 25.0 Å². The van der Waals surface area contributed by atoms with Crippen molar-refractivity contribution in [1.29, 1.82) is 0 Å². The van der Waals surface area contributed by atoms with E-state index in [0.29, 0.717) is 18.7 Å². The topological polar surface area (TPSA) is 60.2 Å². The van der Waals surface area contributed by atoms with Crippen molar-refractivity contribution in [3.8, 4) is 5.75 Å². The minimum Gasteiger partial charge on any atom is -0.476 e. The van der Waals surface area contributed by atoms with Gasteiger partial charge in [0.25, 0.3) is 5.91 Å². The lowest BCUT2D eigenvalue weighted by molar-refractivity contribution is -0.140. The van der Waals surface area contributed by atoms with Crippen LogP contribution in [0.15, 0.2) is 61.2 Å². The van der Waals surface area contributed by atoms with Crippen molar-refractivity contribution in [3.05, 3.63) is 78.4 Å². The zero-order valence-electron chi connectivity index (χ0n) is 15.6. The molecule has 1 aromatic heterocycles. The maximum atomic E-state index is 13.6. The summed E-state index contributed by atoms with van der Waals surface area (Å²) in [6.07, 6.45) is 3.74. The first-order valence-electron chi connectivity index (χ1n) is 9.41. The van der Waals surface area contributed by atoms with Crippen molar-refractivity contribution < 1.29 is 18.3 Å². The highest BCUT2D eigenvalue weighted by Crippen LogP contribution is 2.28. The predicted octanol–water partition coefficient (Wildman–Crippen LogP) is 3.54. The standard InChI is InChI=1S/C21H20F2N4O2/c22-18-7-6-17(12-19(18)23)29-20(15-4-2-1-3-5-15)21(28)26-10-8-16(9-11-26)27-14-24-13-25-27/h1-7,12-14,16,20H,8-11H2/t20-/m1/s1. The van der Waals surface area contributed by atoms with Crippen LogP contribution in [-0.2, 0) is 4.79 Å². The van der Waals surface area contributed by atoms with Crippen molar-refractivity contribution in [1.82, 2.24) is 19.7 Å². The lowest BCUT2D eigenvalue weighted by Gasteiger charge is -2.34. The number of hydrogen-bond donors (Lipinski definition) is 0. The third kappa shape index (κ3) is 4.26. The number of amides is 1. The summed E-state index contributed by atoms with van der Waals surface area (Å²) in [5, 5.41) is 4.17. The van der Waals surface area contributed by atoms with Crippen molar-refractivity contribution in [3.63, 3.8) is 0 Å². The first kappa shape index (κ1) is 19.0. The molecule has 29 heavy (non-hydrogen) atoms. The summed E-state index contributed by atoms with van der Waals surface area (Å²) >= 11 is 0. The lowest BCUT2D eigenvalue weighted by atomic mass is 10.0. The number of nitrogens with zero attached hydrogens (tertiary/aromatic N) is 4. The van der Waals surface area contributed by atoms with E-state index in [1.165, 1.54) is 12.4 Å². The number of halogens is 2. The van der Waals surface area contributed by atoms with E-state index in [2.05, 4.69) is 10.1 Å². The second-order valence-electron chi connectivity index (χ2n) is 6.92. The molecule has 0 unspecified atom stereocenters. The van der Waals surface area contributed by atoms with Gasteiger partial charge in [0.2, 0.25) is 6.10 Å². The molecule has 1 aliphatic heterocycles. The lowest BCUT2D eigenvalue weighted by Crippen LogP contribution is -2.42. The zero-order valence-corrected chi connectivity index (χ0v) is 15.6. The molecule has 3 aromatic rings. The van der Waals surface area contributed by atoms with Gasteiger partial charge in [-0.3, -0.25) is 4.79 Å². The molecule has 1 amide bonds. The van der Waals surface area contributed by atoms with E-state index in [1.807, 2.05) is 10.7 Å². The molecule has 150 valence electrons. The molecule has 8 heteroatoms. The summed E-state index contributed by atoms with van der Waals surface area (Å²) in [4.78, 5) is 19.0. The first-order chi connectivity index (χ1) is 14.1. The Morgan fingerprint density at radius 3 is 2.48 bits per heavy atom. The van der Waals surface area contributed by atoms with Crippen molar-refractivity contribution in [2.24, 2.45) is 0 Å². The third-order valence-electron chi connectivity index (χ3n) is 5.06. The minimum atomic E-state index is -1.02. The number of ether oxygens (including phenoxy) is 1. The number of likely N-dealkylation sites (tertiary alicyclic amines) is 1. The van der Waals surface area contributed by atoms with Crippen LogP contribution in [0.25, 0.3) is 0 Å². The van der Waals surface area contributed by atoms with Crippen LogP contribution in [0.5, 0.6) is 5.75 Å². The van der Waals surface area contributed by atoms with Crippen molar-refractivity contribution >= 4 is 5.91 Å². The Morgan fingerprint density at radius 1 is 1.07 bits per heavy atom. The van der Waals surface area contributed by atoms with Gasteiger partial charge in [-0.15, -0.1) is 0 Å². The molecule has 0 aliphatic carbocycles. The molecule has 1 fully saturated rings. The van der Waals surface area contributed by atoms with Crippen LogP contribution in [0.2, 0.25) is 0 Å². The van der Waals surface area contributed by atoms with Gasteiger partial charge in [-0.1, -0.05) is 30.3 Å². The summed E-state index contributed by atoms with van der Waals surface area (Å²) in [6, 6.07) is 12.5. The van der Waals surface area contributed by atoms with Crippen LogP contribution >= 0.6 is 0 Å². The summed E-state index contributed by atoms with van der Waals surface area (Å²) in [5.74, 6) is -2.09. The maximum absolute atomic E-state index is 13.6. The Hall–Kier alpha value is -3.29. The van der Waals surface area contributed by atoms with Gasteiger partial charge in [-0.2, -0.15) is 5.10 Å². The molecule has 4 rings (SSSR count). The van der Waals surface area contributed by atoms with Crippen LogP contribution in [0, 0.1) is 11.6 Å². The fraction of sp³-hybridized carbons (Fsp3) is 0.286. The Labute approximate surface area is 166 Å². The van der Waals surface area contributed by atoms with Gasteiger partial charge in [0.05, 0.1) is 6.04 Å². The second-order valence-corrected chi connectivity index (χ2v) is 6.92. The molecule has 2 heterocycles. The van der Waals surface area contributed by atoms with Gasteiger partial charge >= 0.3 is 0 Å². The number of piperidine rings is 1. The molecule has 0 N–H and O–H groups in total. The van der Waals surface area contributed by atoms with Gasteiger partial charge in [0.15, 0.2) is 11.6 Å². The smallest absolute Gasteiger partial charge is 0.268 e. The third-order valence-corrected chi connectivity index (χ3v) is 5.06. The van der Waals surface area contributed by atoms with Crippen molar-refractivity contribution in [2.75, 3.05) is 13.1 Å². The van der Waals surface area contributed by atoms with Gasteiger partial charge < -0.3 is 9.64 Å². The number of rotatable bonds is 5. The quantitative estimate of drug-likeness (QED) is 0.660. The summed E-state index contributed by atoms with van der Waals surface area (Å²) in [6.45, 7) is 1.10. The highest BCUT2D eigenvalue weighted by Gasteiger charge is 2.31. The molecular formula is C21H20F2N4O2. The minimum absolute atomic E-state index is 0.101. The molecule has 2 aromatic carbocycles. The highest BCUT2D eigenvalue weighted by molar-refractivity contribution is 5.82. The molecule has 0 radical (unpaired) electrons. The number of carbonyl (C=O) groups excluding carboxylic acids is 1. The second kappa shape index (κ2) is 8.38. The average Bonchev–Trinajstić information content (AvgIpc) is 3.30. The van der Waals surface area contributed by atoms with Crippen LogP contribution in [-0.4, -0.2) is 38.7 Å². The van der Waals surface area contributed by atoms with Crippen LogP contribution in [0.4, 0.5) is 8.78 Å². The first-order valence-corrected chi connectivity index (χ1v) is 9.41. The Balaban J connectivity index is 1.51. The Morgan fingerprint density at radius 2 is 1.83 bits per heavy atom. The van der Waals surface area contributed by atoms with E-state index in [1.54, 1.807) is 35.5 Å². The molecule has 1 aliphatic rings. The zero-order chi connectivity index (χ0) is 20.2. The molecule has 0 saturated carbocycles. The summed E-state index contributed by atoms with van der Waals surface area (Å²) < 4.78 is 34.5. The molecule has 6 nitrogen and oxygen atoms in total.